The van der Waals surface area contributed by atoms with E-state index in [0.717, 1.165) is 16.3 Å². The molecule has 2 aromatic rings. The summed E-state index contributed by atoms with van der Waals surface area (Å²) in [6.07, 6.45) is 0. The van der Waals surface area contributed by atoms with Crippen LogP contribution in [-0.2, 0) is 11.3 Å². The van der Waals surface area contributed by atoms with Crippen LogP contribution in [0, 0.1) is 0 Å². The van der Waals surface area contributed by atoms with E-state index < -0.39 is 0 Å². The van der Waals surface area contributed by atoms with Gasteiger partial charge in [-0.15, -0.1) is 0 Å². The SMILES string of the molecule is COCc1ccc2cc([OH2+])ccc2c1. The van der Waals surface area contributed by atoms with E-state index in [1.807, 2.05) is 24.3 Å². The highest BCUT2D eigenvalue weighted by Crippen LogP contribution is 2.21. The van der Waals surface area contributed by atoms with Crippen LogP contribution < -0.4 is 0 Å². The first-order valence-electron chi connectivity index (χ1n) is 4.53. The van der Waals surface area contributed by atoms with Crippen molar-refractivity contribution in [2.45, 2.75) is 6.61 Å². The number of fused-ring (bicyclic) bond motifs is 1. The summed E-state index contributed by atoms with van der Waals surface area (Å²) < 4.78 is 5.06. The largest absolute Gasteiger partial charge is 0.593 e. The monoisotopic (exact) mass is 189 g/mol. The van der Waals surface area contributed by atoms with E-state index in [1.165, 1.54) is 0 Å². The third-order valence-electron chi connectivity index (χ3n) is 2.22. The lowest BCUT2D eigenvalue weighted by Gasteiger charge is -2.02. The van der Waals surface area contributed by atoms with Crippen molar-refractivity contribution in [1.82, 2.24) is 0 Å². The highest BCUT2D eigenvalue weighted by Gasteiger charge is 1.99. The van der Waals surface area contributed by atoms with Crippen LogP contribution >= 0.6 is 0 Å². The first-order valence-corrected chi connectivity index (χ1v) is 4.53. The molecular weight excluding hydrogens is 176 g/mol. The molecule has 0 radical (unpaired) electrons. The summed E-state index contributed by atoms with van der Waals surface area (Å²) in [5, 5.41) is 9.76. The summed E-state index contributed by atoms with van der Waals surface area (Å²) in [5.74, 6) is 0.553. The van der Waals surface area contributed by atoms with Crippen molar-refractivity contribution in [3.05, 3.63) is 42.0 Å². The third-order valence-corrected chi connectivity index (χ3v) is 2.22. The summed E-state index contributed by atoms with van der Waals surface area (Å²) in [4.78, 5) is 0. The zero-order valence-corrected chi connectivity index (χ0v) is 8.08. The average molecular weight is 189 g/mol. The van der Waals surface area contributed by atoms with E-state index in [4.69, 9.17) is 9.84 Å². The number of benzene rings is 2. The molecule has 14 heavy (non-hydrogen) atoms. The highest BCUT2D eigenvalue weighted by atomic mass is 16.5. The van der Waals surface area contributed by atoms with E-state index in [2.05, 4.69) is 6.07 Å². The van der Waals surface area contributed by atoms with Crippen molar-refractivity contribution >= 4 is 10.8 Å². The zero-order chi connectivity index (χ0) is 9.97. The van der Waals surface area contributed by atoms with Crippen LogP contribution in [0.15, 0.2) is 36.4 Å². The molecule has 2 nitrogen and oxygen atoms in total. The van der Waals surface area contributed by atoms with Crippen molar-refractivity contribution < 1.29 is 9.84 Å². The molecule has 0 bridgehead atoms. The Morgan fingerprint density at radius 1 is 1.07 bits per heavy atom. The van der Waals surface area contributed by atoms with Crippen LogP contribution in [0.5, 0.6) is 5.75 Å². The van der Waals surface area contributed by atoms with E-state index >= 15 is 0 Å². The molecule has 0 spiro atoms. The third kappa shape index (κ3) is 1.70. The zero-order valence-electron chi connectivity index (χ0n) is 8.08. The molecule has 0 saturated heterocycles. The second-order valence-corrected chi connectivity index (χ2v) is 3.33. The highest BCUT2D eigenvalue weighted by molar-refractivity contribution is 5.84. The van der Waals surface area contributed by atoms with Gasteiger partial charge in [0.1, 0.15) is 0 Å². The Morgan fingerprint density at radius 3 is 2.57 bits per heavy atom. The number of hydrogen-bond acceptors (Lipinski definition) is 1. The summed E-state index contributed by atoms with van der Waals surface area (Å²) >= 11 is 0. The van der Waals surface area contributed by atoms with Gasteiger partial charge < -0.3 is 9.84 Å². The quantitative estimate of drug-likeness (QED) is 0.668. The van der Waals surface area contributed by atoms with E-state index in [0.29, 0.717) is 12.4 Å². The lowest BCUT2D eigenvalue weighted by molar-refractivity contribution is 0.185. The molecular formula is C12H13O2+. The Bertz CT molecular complexity index is 449. The van der Waals surface area contributed by atoms with E-state index in [9.17, 15) is 0 Å². The van der Waals surface area contributed by atoms with E-state index in [-0.39, 0.29) is 0 Å². The van der Waals surface area contributed by atoms with Crippen LogP contribution in [0.4, 0.5) is 0 Å². The van der Waals surface area contributed by atoms with Gasteiger partial charge in [0.2, 0.25) is 0 Å². The van der Waals surface area contributed by atoms with Gasteiger partial charge in [-0.25, -0.2) is 0 Å². The maximum Gasteiger partial charge on any atom is 0.254 e. The Balaban J connectivity index is 2.50. The predicted molar refractivity (Wildman–Crippen MR) is 57.7 cm³/mol. The van der Waals surface area contributed by atoms with Crippen molar-refractivity contribution in [3.63, 3.8) is 0 Å². The number of hydrogen-bond donors (Lipinski definition) is 0. The summed E-state index contributed by atoms with van der Waals surface area (Å²) in [5.41, 5.74) is 1.16. The minimum Gasteiger partial charge on any atom is -0.593 e. The fraction of sp³-hybridized carbons (Fsp3) is 0.167. The maximum atomic E-state index is 7.49. The van der Waals surface area contributed by atoms with Crippen LogP contribution in [0.25, 0.3) is 10.8 Å². The molecule has 2 aromatic carbocycles. The topological polar surface area (TPSA) is 32.1 Å². The fourth-order valence-corrected chi connectivity index (χ4v) is 1.55. The minimum atomic E-state index is 0.553. The second-order valence-electron chi connectivity index (χ2n) is 3.33. The normalized spacial score (nSPS) is 10.6. The van der Waals surface area contributed by atoms with Crippen LogP contribution in [-0.4, -0.2) is 12.2 Å². The molecule has 0 aliphatic carbocycles. The molecule has 2 rings (SSSR count). The number of methoxy groups -OCH3 is 1. The Labute approximate surface area is 82.8 Å². The first-order chi connectivity index (χ1) is 6.79. The molecule has 0 heterocycles. The van der Waals surface area contributed by atoms with Gasteiger partial charge in [-0.1, -0.05) is 12.1 Å². The van der Waals surface area contributed by atoms with Gasteiger partial charge in [0.05, 0.1) is 6.61 Å². The molecule has 0 aliphatic heterocycles. The standard InChI is InChI=1S/C12H12O2/c1-14-8-9-2-3-11-7-12(13)5-4-10(11)6-9/h2-7,13H,8H2,1H3/p+1. The summed E-state index contributed by atoms with van der Waals surface area (Å²) in [6, 6.07) is 11.8. The lowest BCUT2D eigenvalue weighted by Crippen LogP contribution is -1.86. The molecule has 0 unspecified atom stereocenters. The minimum absolute atomic E-state index is 0.553. The molecule has 72 valence electrons. The molecule has 0 aromatic heterocycles. The Morgan fingerprint density at radius 2 is 1.79 bits per heavy atom. The van der Waals surface area contributed by atoms with Gasteiger partial charge in [-0.2, -0.15) is 0 Å². The predicted octanol–water partition coefficient (Wildman–Crippen LogP) is 2.42. The number of ether oxygens (including phenoxy) is 1. The van der Waals surface area contributed by atoms with Gasteiger partial charge in [-0.05, 0) is 28.5 Å². The molecule has 2 heteroatoms. The maximum absolute atomic E-state index is 7.49. The van der Waals surface area contributed by atoms with Gasteiger partial charge in [0.25, 0.3) is 5.75 Å². The van der Waals surface area contributed by atoms with Crippen LogP contribution in [0.2, 0.25) is 0 Å². The fourth-order valence-electron chi connectivity index (χ4n) is 1.55. The van der Waals surface area contributed by atoms with Gasteiger partial charge in [0, 0.05) is 19.2 Å². The second kappa shape index (κ2) is 3.68. The molecule has 0 atom stereocenters. The smallest absolute Gasteiger partial charge is 0.254 e. The van der Waals surface area contributed by atoms with Crippen molar-refractivity contribution in [3.8, 4) is 5.75 Å². The van der Waals surface area contributed by atoms with Crippen LogP contribution in [0.1, 0.15) is 5.56 Å². The average Bonchev–Trinajstić information content (AvgIpc) is 2.19. The summed E-state index contributed by atoms with van der Waals surface area (Å²) in [7, 11) is 1.69. The molecule has 0 fully saturated rings. The molecule has 0 saturated carbocycles. The van der Waals surface area contributed by atoms with Crippen molar-refractivity contribution in [2.75, 3.05) is 7.11 Å². The molecule has 0 amide bonds. The van der Waals surface area contributed by atoms with Crippen LogP contribution in [0.3, 0.4) is 0 Å². The van der Waals surface area contributed by atoms with Crippen molar-refractivity contribution in [2.24, 2.45) is 0 Å². The first kappa shape index (κ1) is 9.03. The molecule has 0 aliphatic rings. The van der Waals surface area contributed by atoms with E-state index in [1.54, 1.807) is 13.2 Å². The Hall–Kier alpha value is -1.54. The Kier molecular flexibility index (Phi) is 2.37. The van der Waals surface area contributed by atoms with Crippen molar-refractivity contribution in [1.29, 1.82) is 0 Å². The summed E-state index contributed by atoms with van der Waals surface area (Å²) in [6.45, 7) is 0.637. The van der Waals surface area contributed by atoms with Gasteiger partial charge >= 0.3 is 0 Å². The lowest BCUT2D eigenvalue weighted by atomic mass is 10.1. The number of rotatable bonds is 2. The van der Waals surface area contributed by atoms with Gasteiger partial charge in [0.15, 0.2) is 0 Å². The molecule has 2 N–H and O–H groups in total. The van der Waals surface area contributed by atoms with Gasteiger partial charge in [-0.3, -0.25) is 0 Å².